The molecular formula is C22H27NO6. The first-order valence-electron chi connectivity index (χ1n) is 9.32. The number of methoxy groups -OCH3 is 2. The van der Waals surface area contributed by atoms with E-state index in [0.717, 1.165) is 17.0 Å². The Hall–Kier alpha value is -3.09. The lowest BCUT2D eigenvalue weighted by molar-refractivity contribution is -0.142. The van der Waals surface area contributed by atoms with E-state index >= 15 is 0 Å². The highest BCUT2D eigenvalue weighted by Gasteiger charge is 2.18. The normalized spacial score (nSPS) is 10.5. The highest BCUT2D eigenvalue weighted by Crippen LogP contribution is 2.21. The number of aromatic nitrogens is 1. The quantitative estimate of drug-likeness (QED) is 0.475. The third-order valence-electron chi connectivity index (χ3n) is 4.78. The molecule has 0 unspecified atom stereocenters. The van der Waals surface area contributed by atoms with Gasteiger partial charge in [0.05, 0.1) is 27.1 Å². The Kier molecular flexibility index (Phi) is 7.59. The van der Waals surface area contributed by atoms with Gasteiger partial charge in [0, 0.05) is 29.1 Å². The summed E-state index contributed by atoms with van der Waals surface area (Å²) in [4.78, 5) is 36.1. The van der Waals surface area contributed by atoms with Gasteiger partial charge in [0.2, 0.25) is 5.78 Å². The van der Waals surface area contributed by atoms with Gasteiger partial charge in [-0.3, -0.25) is 14.4 Å². The molecule has 7 nitrogen and oxygen atoms in total. The number of ketones is 1. The zero-order valence-corrected chi connectivity index (χ0v) is 17.5. The molecule has 0 atom stereocenters. The van der Waals surface area contributed by atoms with Gasteiger partial charge in [-0.15, -0.1) is 0 Å². The Labute approximate surface area is 170 Å². The molecular weight excluding hydrogens is 374 g/mol. The molecule has 156 valence electrons. The average molecular weight is 401 g/mol. The summed E-state index contributed by atoms with van der Waals surface area (Å²) in [5.74, 6) is -0.493. The van der Waals surface area contributed by atoms with Crippen molar-refractivity contribution in [3.63, 3.8) is 0 Å². The van der Waals surface area contributed by atoms with Crippen molar-refractivity contribution in [3.8, 4) is 5.75 Å². The van der Waals surface area contributed by atoms with Crippen molar-refractivity contribution < 1.29 is 28.6 Å². The van der Waals surface area contributed by atoms with Gasteiger partial charge in [0.1, 0.15) is 5.75 Å². The number of carbonyl (C=O) groups is 3. The highest BCUT2D eigenvalue weighted by atomic mass is 16.5. The number of hydrogen-bond donors (Lipinski definition) is 0. The number of Topliss-reactive ketones (excluding diaryl/α,β-unsaturated/α-hetero) is 1. The molecule has 1 aromatic carbocycles. The van der Waals surface area contributed by atoms with Crippen LogP contribution in [0.1, 0.15) is 39.3 Å². The van der Waals surface area contributed by atoms with E-state index in [1.54, 1.807) is 26.2 Å². The second kappa shape index (κ2) is 9.91. The van der Waals surface area contributed by atoms with Gasteiger partial charge in [-0.1, -0.05) is 17.7 Å². The lowest BCUT2D eigenvalue weighted by Crippen LogP contribution is -2.17. The first-order chi connectivity index (χ1) is 13.8. The summed E-state index contributed by atoms with van der Waals surface area (Å²) in [6.45, 7) is 5.67. The van der Waals surface area contributed by atoms with Crippen molar-refractivity contribution in [1.29, 1.82) is 0 Å². The Morgan fingerprint density at radius 1 is 1.00 bits per heavy atom. The number of esters is 2. The zero-order valence-electron chi connectivity index (χ0n) is 17.5. The molecule has 7 heteroatoms. The molecule has 0 aliphatic heterocycles. The average Bonchev–Trinajstić information content (AvgIpc) is 2.98. The molecule has 0 radical (unpaired) electrons. The van der Waals surface area contributed by atoms with Crippen LogP contribution in [0.15, 0.2) is 24.3 Å². The summed E-state index contributed by atoms with van der Waals surface area (Å²) in [7, 11) is 2.88. The molecule has 0 fully saturated rings. The SMILES string of the molecule is COC(=O)CCn1c(C)cc(C(=O)COC(=O)Cc2cc(C)ccc2OC)c1C. The number of ether oxygens (including phenoxy) is 3. The molecule has 0 saturated carbocycles. The minimum atomic E-state index is -0.498. The van der Waals surface area contributed by atoms with E-state index < -0.39 is 5.97 Å². The molecule has 29 heavy (non-hydrogen) atoms. The third-order valence-corrected chi connectivity index (χ3v) is 4.78. The number of hydrogen-bond acceptors (Lipinski definition) is 6. The number of benzene rings is 1. The molecule has 2 aromatic rings. The van der Waals surface area contributed by atoms with Gasteiger partial charge < -0.3 is 18.8 Å². The van der Waals surface area contributed by atoms with E-state index in [-0.39, 0.29) is 31.2 Å². The van der Waals surface area contributed by atoms with E-state index in [1.807, 2.05) is 30.5 Å². The lowest BCUT2D eigenvalue weighted by atomic mass is 10.1. The fraction of sp³-hybridized carbons (Fsp3) is 0.409. The van der Waals surface area contributed by atoms with Gasteiger partial charge in [0.25, 0.3) is 0 Å². The van der Waals surface area contributed by atoms with Crippen LogP contribution < -0.4 is 4.74 Å². The van der Waals surface area contributed by atoms with Crippen LogP contribution in [0.25, 0.3) is 0 Å². The van der Waals surface area contributed by atoms with Crippen LogP contribution in [-0.2, 0) is 32.0 Å². The third kappa shape index (κ3) is 5.70. The van der Waals surface area contributed by atoms with Crippen LogP contribution in [0.4, 0.5) is 0 Å². The number of aryl methyl sites for hydroxylation is 2. The molecule has 0 spiro atoms. The van der Waals surface area contributed by atoms with Crippen molar-refractivity contribution in [3.05, 3.63) is 52.3 Å². The molecule has 0 amide bonds. The summed E-state index contributed by atoms with van der Waals surface area (Å²) in [6.07, 6.45) is 0.240. The largest absolute Gasteiger partial charge is 0.496 e. The number of carbonyl (C=O) groups excluding carboxylic acids is 3. The summed E-state index contributed by atoms with van der Waals surface area (Å²) in [6, 6.07) is 7.29. The van der Waals surface area contributed by atoms with E-state index in [1.165, 1.54) is 7.11 Å². The second-order valence-corrected chi connectivity index (χ2v) is 6.84. The van der Waals surface area contributed by atoms with Gasteiger partial charge in [-0.05, 0) is 32.9 Å². The molecule has 1 aromatic heterocycles. The van der Waals surface area contributed by atoms with Crippen molar-refractivity contribution in [2.45, 2.75) is 40.2 Å². The fourth-order valence-corrected chi connectivity index (χ4v) is 3.21. The molecule has 0 aliphatic carbocycles. The Bertz CT molecular complexity index is 912. The minimum Gasteiger partial charge on any atom is -0.496 e. The molecule has 1 heterocycles. The second-order valence-electron chi connectivity index (χ2n) is 6.84. The van der Waals surface area contributed by atoms with Crippen molar-refractivity contribution in [2.24, 2.45) is 0 Å². The van der Waals surface area contributed by atoms with Crippen LogP contribution >= 0.6 is 0 Å². The van der Waals surface area contributed by atoms with E-state index in [4.69, 9.17) is 9.47 Å². The van der Waals surface area contributed by atoms with E-state index in [0.29, 0.717) is 23.4 Å². The smallest absolute Gasteiger partial charge is 0.310 e. The summed E-state index contributed by atoms with van der Waals surface area (Å²) in [5, 5.41) is 0. The predicted octanol–water partition coefficient (Wildman–Crippen LogP) is 2.95. The topological polar surface area (TPSA) is 83.8 Å². The Morgan fingerprint density at radius 2 is 1.72 bits per heavy atom. The molecule has 2 rings (SSSR count). The highest BCUT2D eigenvalue weighted by molar-refractivity contribution is 5.99. The minimum absolute atomic E-state index is 0.0241. The van der Waals surface area contributed by atoms with Crippen LogP contribution in [0.3, 0.4) is 0 Å². The molecule has 0 saturated heterocycles. The maximum atomic E-state index is 12.6. The van der Waals surface area contributed by atoms with Gasteiger partial charge in [0.15, 0.2) is 6.61 Å². The molecule has 0 aliphatic rings. The maximum Gasteiger partial charge on any atom is 0.310 e. The molecule has 0 N–H and O–H groups in total. The maximum absolute atomic E-state index is 12.6. The first kappa shape index (κ1) is 22.2. The summed E-state index contributed by atoms with van der Waals surface area (Å²) in [5.41, 5.74) is 3.78. The van der Waals surface area contributed by atoms with Crippen LogP contribution in [0.2, 0.25) is 0 Å². The van der Waals surface area contributed by atoms with E-state index in [2.05, 4.69) is 4.74 Å². The monoisotopic (exact) mass is 401 g/mol. The van der Waals surface area contributed by atoms with Crippen LogP contribution in [0, 0.1) is 20.8 Å². The van der Waals surface area contributed by atoms with Gasteiger partial charge in [-0.2, -0.15) is 0 Å². The first-order valence-corrected chi connectivity index (χ1v) is 9.32. The number of nitrogens with zero attached hydrogens (tertiary/aromatic N) is 1. The predicted molar refractivity (Wildman–Crippen MR) is 107 cm³/mol. The van der Waals surface area contributed by atoms with Crippen molar-refractivity contribution >= 4 is 17.7 Å². The fourth-order valence-electron chi connectivity index (χ4n) is 3.21. The Balaban J connectivity index is 1.99. The van der Waals surface area contributed by atoms with E-state index in [9.17, 15) is 14.4 Å². The van der Waals surface area contributed by atoms with Crippen LogP contribution in [-0.4, -0.2) is 43.1 Å². The zero-order chi connectivity index (χ0) is 21.6. The molecule has 0 bridgehead atoms. The van der Waals surface area contributed by atoms with Crippen molar-refractivity contribution in [1.82, 2.24) is 4.57 Å². The lowest BCUT2D eigenvalue weighted by Gasteiger charge is -2.10. The van der Waals surface area contributed by atoms with Crippen molar-refractivity contribution in [2.75, 3.05) is 20.8 Å². The van der Waals surface area contributed by atoms with Crippen LogP contribution in [0.5, 0.6) is 5.75 Å². The number of rotatable bonds is 9. The standard InChI is InChI=1S/C22H27NO6/c1-14-6-7-20(27-4)17(10-14)12-22(26)29-13-19(24)18-11-15(2)23(16(18)3)9-8-21(25)28-5/h6-7,10-11H,8-9,12-13H2,1-5H3. The van der Waals surface area contributed by atoms with Gasteiger partial charge >= 0.3 is 11.9 Å². The summed E-state index contributed by atoms with van der Waals surface area (Å²) < 4.78 is 17.0. The van der Waals surface area contributed by atoms with Gasteiger partial charge in [-0.25, -0.2) is 0 Å². The Morgan fingerprint density at radius 3 is 2.38 bits per heavy atom. The summed E-state index contributed by atoms with van der Waals surface area (Å²) >= 11 is 0.